The maximum Gasteiger partial charge on any atom is 0.410 e. The highest BCUT2D eigenvalue weighted by Gasteiger charge is 2.42. The summed E-state index contributed by atoms with van der Waals surface area (Å²) in [7, 11) is 0. The van der Waals surface area contributed by atoms with E-state index in [1.807, 2.05) is 50.1 Å². The van der Waals surface area contributed by atoms with Crippen molar-refractivity contribution in [2.45, 2.75) is 57.7 Å². The van der Waals surface area contributed by atoms with Crippen molar-refractivity contribution in [2.24, 2.45) is 0 Å². The number of hydrogen-bond acceptors (Lipinski definition) is 4. The van der Waals surface area contributed by atoms with Gasteiger partial charge in [-0.1, -0.05) is 6.07 Å². The van der Waals surface area contributed by atoms with Gasteiger partial charge in [0, 0.05) is 25.3 Å². The second-order valence-corrected chi connectivity index (χ2v) is 7.20. The first-order valence-corrected chi connectivity index (χ1v) is 8.11. The van der Waals surface area contributed by atoms with Crippen molar-refractivity contribution in [1.29, 1.82) is 0 Å². The van der Waals surface area contributed by atoms with Gasteiger partial charge in [-0.15, -0.1) is 0 Å². The zero-order valence-corrected chi connectivity index (χ0v) is 13.7. The van der Waals surface area contributed by atoms with Gasteiger partial charge in [-0.25, -0.2) is 9.78 Å². The first-order valence-electron chi connectivity index (χ1n) is 8.11. The van der Waals surface area contributed by atoms with E-state index in [1.165, 1.54) is 0 Å². The number of fused-ring (bicyclic) bond motifs is 2. The standard InChI is InChI=1S/C17H25N3O2/c1-17(2,3)22-16(21)20-13-7-8-14(20)12-19(11-9-13)15-6-4-5-10-18-15/h4-6,10,13-14H,7-9,11-12H2,1-3H3/t13-,14-/m0/s1. The van der Waals surface area contributed by atoms with Crippen LogP contribution in [0, 0.1) is 0 Å². The lowest BCUT2D eigenvalue weighted by atomic mass is 10.1. The lowest BCUT2D eigenvalue weighted by molar-refractivity contribution is 0.0163. The van der Waals surface area contributed by atoms with Gasteiger partial charge in [0.25, 0.3) is 0 Å². The van der Waals surface area contributed by atoms with E-state index >= 15 is 0 Å². The molecule has 2 bridgehead atoms. The van der Waals surface area contributed by atoms with Gasteiger partial charge < -0.3 is 14.5 Å². The average Bonchev–Trinajstić information content (AvgIpc) is 2.73. The van der Waals surface area contributed by atoms with Crippen molar-refractivity contribution in [1.82, 2.24) is 9.88 Å². The van der Waals surface area contributed by atoms with Crippen LogP contribution in [0.3, 0.4) is 0 Å². The predicted octanol–water partition coefficient (Wildman–Crippen LogP) is 3.06. The minimum absolute atomic E-state index is 0.164. The molecule has 0 aliphatic carbocycles. The molecule has 2 aliphatic heterocycles. The average molecular weight is 303 g/mol. The smallest absolute Gasteiger partial charge is 0.410 e. The number of carbonyl (C=O) groups excluding carboxylic acids is 1. The summed E-state index contributed by atoms with van der Waals surface area (Å²) >= 11 is 0. The molecule has 1 aromatic heterocycles. The Morgan fingerprint density at radius 3 is 2.68 bits per heavy atom. The third kappa shape index (κ3) is 3.18. The Bertz CT molecular complexity index is 526. The number of carbonyl (C=O) groups is 1. The van der Waals surface area contributed by atoms with Gasteiger partial charge in [0.15, 0.2) is 0 Å². The molecule has 0 unspecified atom stereocenters. The van der Waals surface area contributed by atoms with Gasteiger partial charge in [-0.3, -0.25) is 0 Å². The van der Waals surface area contributed by atoms with Crippen LogP contribution in [0.4, 0.5) is 10.6 Å². The molecule has 2 atom stereocenters. The molecular formula is C17H25N3O2. The zero-order chi connectivity index (χ0) is 15.7. The molecule has 5 heteroatoms. The topological polar surface area (TPSA) is 45.7 Å². The van der Waals surface area contributed by atoms with E-state index < -0.39 is 5.60 Å². The van der Waals surface area contributed by atoms with Crippen LogP contribution in [0.2, 0.25) is 0 Å². The van der Waals surface area contributed by atoms with Crippen LogP contribution in [0.15, 0.2) is 24.4 Å². The minimum Gasteiger partial charge on any atom is -0.444 e. The fourth-order valence-corrected chi connectivity index (χ4v) is 3.44. The van der Waals surface area contributed by atoms with Crippen molar-refractivity contribution in [2.75, 3.05) is 18.0 Å². The highest BCUT2D eigenvalue weighted by molar-refractivity contribution is 5.69. The van der Waals surface area contributed by atoms with Crippen molar-refractivity contribution in [3.63, 3.8) is 0 Å². The van der Waals surface area contributed by atoms with Gasteiger partial charge >= 0.3 is 6.09 Å². The summed E-state index contributed by atoms with van der Waals surface area (Å²) in [6, 6.07) is 6.51. The molecule has 0 N–H and O–H groups in total. The lowest BCUT2D eigenvalue weighted by Gasteiger charge is -2.31. The molecule has 3 rings (SSSR count). The quantitative estimate of drug-likeness (QED) is 0.800. The van der Waals surface area contributed by atoms with Crippen LogP contribution in [0.1, 0.15) is 40.0 Å². The van der Waals surface area contributed by atoms with E-state index in [4.69, 9.17) is 4.74 Å². The first-order chi connectivity index (χ1) is 10.4. The normalized spacial score (nSPS) is 25.0. The van der Waals surface area contributed by atoms with Crippen molar-refractivity contribution in [3.8, 4) is 0 Å². The number of hydrogen-bond donors (Lipinski definition) is 0. The number of aromatic nitrogens is 1. The number of pyridine rings is 1. The summed E-state index contributed by atoms with van der Waals surface area (Å²) in [5.41, 5.74) is -0.441. The van der Waals surface area contributed by atoms with Crippen LogP contribution in [-0.2, 0) is 4.74 Å². The molecule has 3 heterocycles. The van der Waals surface area contributed by atoms with E-state index in [9.17, 15) is 4.79 Å². The fraction of sp³-hybridized carbons (Fsp3) is 0.647. The first kappa shape index (κ1) is 15.1. The molecule has 2 saturated heterocycles. The van der Waals surface area contributed by atoms with Crippen LogP contribution < -0.4 is 4.90 Å². The van der Waals surface area contributed by atoms with Gasteiger partial charge in [-0.2, -0.15) is 0 Å². The third-order valence-corrected chi connectivity index (χ3v) is 4.36. The Balaban J connectivity index is 1.75. The second-order valence-electron chi connectivity index (χ2n) is 7.20. The van der Waals surface area contributed by atoms with Crippen LogP contribution in [0.25, 0.3) is 0 Å². The summed E-state index contributed by atoms with van der Waals surface area (Å²) in [6.07, 6.45) is 4.77. The van der Waals surface area contributed by atoms with E-state index in [1.54, 1.807) is 0 Å². The number of nitrogens with zero attached hydrogens (tertiary/aromatic N) is 3. The Morgan fingerprint density at radius 1 is 1.23 bits per heavy atom. The second kappa shape index (κ2) is 5.78. The number of amides is 1. The summed E-state index contributed by atoms with van der Waals surface area (Å²) in [6.45, 7) is 7.55. The largest absolute Gasteiger partial charge is 0.444 e. The molecule has 0 spiro atoms. The molecule has 5 nitrogen and oxygen atoms in total. The molecule has 1 amide bonds. The van der Waals surface area contributed by atoms with Crippen LogP contribution in [0.5, 0.6) is 0 Å². The molecule has 2 fully saturated rings. The molecule has 0 saturated carbocycles. The van der Waals surface area contributed by atoms with Crippen molar-refractivity contribution < 1.29 is 9.53 Å². The minimum atomic E-state index is -0.441. The molecule has 120 valence electrons. The van der Waals surface area contributed by atoms with E-state index in [2.05, 4.69) is 9.88 Å². The maximum atomic E-state index is 12.5. The number of ether oxygens (including phenoxy) is 1. The molecule has 0 aromatic carbocycles. The number of anilines is 1. The SMILES string of the molecule is CC(C)(C)OC(=O)N1[C@H]2CC[C@H]1CN(c1ccccn1)CC2. The Morgan fingerprint density at radius 2 is 2.00 bits per heavy atom. The Hall–Kier alpha value is -1.78. The maximum absolute atomic E-state index is 12.5. The summed E-state index contributed by atoms with van der Waals surface area (Å²) in [5, 5.41) is 0. The van der Waals surface area contributed by atoms with Gasteiger partial charge in [0.2, 0.25) is 0 Å². The Kier molecular flexibility index (Phi) is 3.98. The summed E-state index contributed by atoms with van der Waals surface area (Å²) < 4.78 is 5.61. The van der Waals surface area contributed by atoms with Crippen LogP contribution >= 0.6 is 0 Å². The summed E-state index contributed by atoms with van der Waals surface area (Å²) in [5.74, 6) is 0.999. The lowest BCUT2D eigenvalue weighted by Crippen LogP contribution is -2.45. The molecule has 2 aliphatic rings. The predicted molar refractivity (Wildman–Crippen MR) is 86.0 cm³/mol. The van der Waals surface area contributed by atoms with Gasteiger partial charge in [0.1, 0.15) is 11.4 Å². The highest BCUT2D eigenvalue weighted by Crippen LogP contribution is 2.32. The van der Waals surface area contributed by atoms with Crippen LogP contribution in [-0.4, -0.2) is 46.8 Å². The van der Waals surface area contributed by atoms with E-state index in [-0.39, 0.29) is 12.1 Å². The number of rotatable bonds is 1. The third-order valence-electron chi connectivity index (χ3n) is 4.36. The van der Waals surface area contributed by atoms with Crippen molar-refractivity contribution in [3.05, 3.63) is 24.4 Å². The Labute approximate surface area is 132 Å². The molecule has 0 radical (unpaired) electrons. The molecule has 1 aromatic rings. The monoisotopic (exact) mass is 303 g/mol. The highest BCUT2D eigenvalue weighted by atomic mass is 16.6. The van der Waals surface area contributed by atoms with Gasteiger partial charge in [0.05, 0.1) is 6.04 Å². The summed E-state index contributed by atoms with van der Waals surface area (Å²) in [4.78, 5) is 21.3. The fourth-order valence-electron chi connectivity index (χ4n) is 3.44. The molecule has 22 heavy (non-hydrogen) atoms. The molecular weight excluding hydrogens is 278 g/mol. The zero-order valence-electron chi connectivity index (χ0n) is 13.7. The van der Waals surface area contributed by atoms with E-state index in [0.29, 0.717) is 6.04 Å². The van der Waals surface area contributed by atoms with Gasteiger partial charge in [-0.05, 0) is 52.2 Å². The van der Waals surface area contributed by atoms with E-state index in [0.717, 1.165) is 38.2 Å². The van der Waals surface area contributed by atoms with Crippen molar-refractivity contribution >= 4 is 11.9 Å².